The van der Waals surface area contributed by atoms with E-state index < -0.39 is 5.97 Å². The Labute approximate surface area is 128 Å². The number of carbonyl (C=O) groups excluding carboxylic acids is 1. The van der Waals surface area contributed by atoms with E-state index in [1.807, 2.05) is 11.8 Å². The Kier molecular flexibility index (Phi) is 5.50. The van der Waals surface area contributed by atoms with Gasteiger partial charge in [0.05, 0.1) is 7.11 Å². The second kappa shape index (κ2) is 7.36. The number of anilines is 1. The Morgan fingerprint density at radius 1 is 1.29 bits per heavy atom. The van der Waals surface area contributed by atoms with Crippen molar-refractivity contribution >= 4 is 29.3 Å². The number of hydrogen-bond acceptors (Lipinski definition) is 4. The van der Waals surface area contributed by atoms with Crippen LogP contribution in [0, 0.1) is 5.92 Å². The largest absolute Gasteiger partial charge is 0.497 e. The number of methoxy groups -OCH3 is 1. The average molecular weight is 309 g/mol. The zero-order chi connectivity index (χ0) is 15.2. The van der Waals surface area contributed by atoms with Crippen LogP contribution >= 0.6 is 11.8 Å². The van der Waals surface area contributed by atoms with E-state index in [-0.39, 0.29) is 18.4 Å². The van der Waals surface area contributed by atoms with Gasteiger partial charge in [-0.2, -0.15) is 11.8 Å². The molecule has 1 aliphatic rings. The Morgan fingerprint density at radius 2 is 1.90 bits per heavy atom. The van der Waals surface area contributed by atoms with Crippen LogP contribution < -0.4 is 9.64 Å². The maximum atomic E-state index is 12.6. The lowest BCUT2D eigenvalue weighted by molar-refractivity contribution is -0.137. The minimum absolute atomic E-state index is 0.0762. The van der Waals surface area contributed by atoms with Crippen molar-refractivity contribution in [1.82, 2.24) is 0 Å². The van der Waals surface area contributed by atoms with Gasteiger partial charge in [0, 0.05) is 11.6 Å². The van der Waals surface area contributed by atoms with Gasteiger partial charge >= 0.3 is 5.97 Å². The lowest BCUT2D eigenvalue weighted by atomic mass is 10.0. The van der Waals surface area contributed by atoms with Gasteiger partial charge in [-0.05, 0) is 48.6 Å². The molecule has 1 fully saturated rings. The molecule has 1 N–H and O–H groups in total. The van der Waals surface area contributed by atoms with E-state index in [0.29, 0.717) is 11.4 Å². The number of rotatable bonds is 5. The highest BCUT2D eigenvalue weighted by Gasteiger charge is 2.28. The molecule has 1 aromatic carbocycles. The second-order valence-corrected chi connectivity index (χ2v) is 6.13. The van der Waals surface area contributed by atoms with Gasteiger partial charge < -0.3 is 14.7 Å². The summed E-state index contributed by atoms with van der Waals surface area (Å²) >= 11 is 1.84. The summed E-state index contributed by atoms with van der Waals surface area (Å²) in [4.78, 5) is 25.0. The number of amides is 1. The normalized spacial score (nSPS) is 15.5. The number of nitrogens with zero attached hydrogens (tertiary/aromatic N) is 1. The molecule has 0 aromatic heterocycles. The van der Waals surface area contributed by atoms with E-state index in [1.54, 1.807) is 31.4 Å². The van der Waals surface area contributed by atoms with Gasteiger partial charge in [-0.1, -0.05) is 0 Å². The number of hydrogen-bond donors (Lipinski definition) is 1. The maximum Gasteiger partial charge on any atom is 0.323 e. The predicted octanol–water partition coefficient (Wildman–Crippen LogP) is 2.26. The van der Waals surface area contributed by atoms with Crippen LogP contribution in [0.1, 0.15) is 12.8 Å². The molecule has 0 atom stereocenters. The molecule has 5 nitrogen and oxygen atoms in total. The zero-order valence-corrected chi connectivity index (χ0v) is 12.8. The molecular weight excluding hydrogens is 290 g/mol. The summed E-state index contributed by atoms with van der Waals surface area (Å²) in [6.45, 7) is -0.311. The molecule has 0 radical (unpaired) electrons. The molecule has 1 saturated heterocycles. The molecule has 6 heteroatoms. The summed E-state index contributed by atoms with van der Waals surface area (Å²) < 4.78 is 5.08. The van der Waals surface area contributed by atoms with Crippen molar-refractivity contribution in [2.24, 2.45) is 5.92 Å². The quantitative estimate of drug-likeness (QED) is 0.903. The fraction of sp³-hybridized carbons (Fsp3) is 0.467. The third-order valence-electron chi connectivity index (χ3n) is 3.51. The first-order chi connectivity index (χ1) is 10.1. The number of benzene rings is 1. The van der Waals surface area contributed by atoms with Crippen LogP contribution in [0.4, 0.5) is 5.69 Å². The first-order valence-electron chi connectivity index (χ1n) is 6.87. The number of carboxylic acids is 1. The molecule has 0 unspecified atom stereocenters. The fourth-order valence-corrected chi connectivity index (χ4v) is 3.47. The molecule has 114 valence electrons. The van der Waals surface area contributed by atoms with E-state index in [0.717, 1.165) is 24.3 Å². The molecule has 0 aliphatic carbocycles. The smallest absolute Gasteiger partial charge is 0.323 e. The van der Waals surface area contributed by atoms with Crippen LogP contribution in [0.25, 0.3) is 0 Å². The number of carbonyl (C=O) groups is 2. The van der Waals surface area contributed by atoms with Gasteiger partial charge in [-0.3, -0.25) is 9.59 Å². The van der Waals surface area contributed by atoms with Gasteiger partial charge in [-0.15, -0.1) is 0 Å². The van der Waals surface area contributed by atoms with E-state index in [2.05, 4.69) is 0 Å². The summed E-state index contributed by atoms with van der Waals surface area (Å²) in [5.41, 5.74) is 0.599. The lowest BCUT2D eigenvalue weighted by Gasteiger charge is -2.28. The first kappa shape index (κ1) is 15.7. The van der Waals surface area contributed by atoms with E-state index in [4.69, 9.17) is 9.84 Å². The SMILES string of the molecule is COc1ccc(N(CC(=O)O)C(=O)C2CCSCC2)cc1. The first-order valence-corrected chi connectivity index (χ1v) is 8.02. The van der Waals surface area contributed by atoms with Gasteiger partial charge in [0.15, 0.2) is 0 Å². The summed E-state index contributed by atoms with van der Waals surface area (Å²) in [6, 6.07) is 6.90. The molecule has 0 spiro atoms. The highest BCUT2D eigenvalue weighted by molar-refractivity contribution is 7.99. The Bertz CT molecular complexity index is 497. The lowest BCUT2D eigenvalue weighted by Crippen LogP contribution is -2.41. The predicted molar refractivity (Wildman–Crippen MR) is 83.0 cm³/mol. The molecule has 1 aliphatic heterocycles. The molecule has 0 saturated carbocycles. The second-order valence-electron chi connectivity index (χ2n) is 4.90. The molecule has 2 rings (SSSR count). The van der Waals surface area contributed by atoms with Crippen LogP contribution in [-0.2, 0) is 9.59 Å². The third-order valence-corrected chi connectivity index (χ3v) is 4.56. The Hall–Kier alpha value is -1.69. The minimum Gasteiger partial charge on any atom is -0.497 e. The monoisotopic (exact) mass is 309 g/mol. The standard InChI is InChI=1S/C15H19NO4S/c1-20-13-4-2-12(3-5-13)16(10-14(17)18)15(19)11-6-8-21-9-7-11/h2-5,11H,6-10H2,1H3,(H,17,18). The fourth-order valence-electron chi connectivity index (χ4n) is 2.36. The summed E-state index contributed by atoms with van der Waals surface area (Å²) in [5.74, 6) is 1.41. The van der Waals surface area contributed by atoms with Crippen LogP contribution in [0.3, 0.4) is 0 Å². The Morgan fingerprint density at radius 3 is 2.43 bits per heavy atom. The van der Waals surface area contributed by atoms with E-state index in [9.17, 15) is 9.59 Å². The maximum absolute atomic E-state index is 12.6. The van der Waals surface area contributed by atoms with Gasteiger partial charge in [-0.25, -0.2) is 0 Å². The molecule has 1 amide bonds. The van der Waals surface area contributed by atoms with Crippen molar-refractivity contribution in [2.75, 3.05) is 30.1 Å². The number of aliphatic carboxylic acids is 1. The van der Waals surface area contributed by atoms with E-state index >= 15 is 0 Å². The number of thioether (sulfide) groups is 1. The van der Waals surface area contributed by atoms with Gasteiger partial charge in [0.2, 0.25) is 5.91 Å². The number of ether oxygens (including phenoxy) is 1. The van der Waals surface area contributed by atoms with Gasteiger partial charge in [0.1, 0.15) is 12.3 Å². The zero-order valence-electron chi connectivity index (χ0n) is 11.9. The summed E-state index contributed by atoms with van der Waals surface area (Å²) in [7, 11) is 1.56. The molecule has 1 aromatic rings. The highest BCUT2D eigenvalue weighted by Crippen LogP contribution is 2.27. The van der Waals surface area contributed by atoms with Crippen molar-refractivity contribution in [3.8, 4) is 5.75 Å². The third kappa shape index (κ3) is 4.14. The molecular formula is C15H19NO4S. The van der Waals surface area contributed by atoms with Crippen LogP contribution in [0.15, 0.2) is 24.3 Å². The molecule has 1 heterocycles. The summed E-state index contributed by atoms with van der Waals surface area (Å²) in [6.07, 6.45) is 1.63. The van der Waals surface area contributed by atoms with Crippen LogP contribution in [0.2, 0.25) is 0 Å². The molecule has 21 heavy (non-hydrogen) atoms. The van der Waals surface area contributed by atoms with Crippen molar-refractivity contribution in [2.45, 2.75) is 12.8 Å². The highest BCUT2D eigenvalue weighted by atomic mass is 32.2. The van der Waals surface area contributed by atoms with Crippen molar-refractivity contribution in [3.63, 3.8) is 0 Å². The minimum atomic E-state index is -1.01. The topological polar surface area (TPSA) is 66.8 Å². The molecule has 0 bridgehead atoms. The van der Waals surface area contributed by atoms with E-state index in [1.165, 1.54) is 4.90 Å². The van der Waals surface area contributed by atoms with Crippen molar-refractivity contribution < 1.29 is 19.4 Å². The van der Waals surface area contributed by atoms with Crippen LogP contribution in [0.5, 0.6) is 5.75 Å². The van der Waals surface area contributed by atoms with Crippen LogP contribution in [-0.4, -0.2) is 42.1 Å². The number of carboxylic acid groups (broad SMARTS) is 1. The van der Waals surface area contributed by atoms with Crippen molar-refractivity contribution in [1.29, 1.82) is 0 Å². The average Bonchev–Trinajstić information content (AvgIpc) is 2.53. The Balaban J connectivity index is 2.19. The van der Waals surface area contributed by atoms with Crippen molar-refractivity contribution in [3.05, 3.63) is 24.3 Å². The van der Waals surface area contributed by atoms with Gasteiger partial charge in [0.25, 0.3) is 0 Å². The summed E-state index contributed by atoms with van der Waals surface area (Å²) in [5, 5.41) is 9.07.